The molecule has 1 atom stereocenters. The maximum absolute atomic E-state index is 11.2. The molecule has 6 heteroatoms. The van der Waals surface area contributed by atoms with E-state index in [-0.39, 0.29) is 0 Å². The van der Waals surface area contributed by atoms with E-state index in [9.17, 15) is 9.90 Å². The zero-order valence-electron chi connectivity index (χ0n) is 12.5. The van der Waals surface area contributed by atoms with Crippen molar-refractivity contribution in [2.75, 3.05) is 6.54 Å². The van der Waals surface area contributed by atoms with Crippen LogP contribution in [0.25, 0.3) is 0 Å². The van der Waals surface area contributed by atoms with E-state index in [0.717, 1.165) is 13.0 Å². The van der Waals surface area contributed by atoms with Crippen molar-refractivity contribution < 1.29 is 14.4 Å². The Balaban J connectivity index is 1.67. The summed E-state index contributed by atoms with van der Waals surface area (Å²) in [6.07, 6.45) is 2.19. The summed E-state index contributed by atoms with van der Waals surface area (Å²) in [4.78, 5) is 17.5. The number of hydrogen-bond acceptors (Lipinski definition) is 5. The summed E-state index contributed by atoms with van der Waals surface area (Å²) < 4.78 is 5.27. The van der Waals surface area contributed by atoms with Gasteiger partial charge in [-0.2, -0.15) is 4.98 Å². The lowest BCUT2D eigenvalue weighted by molar-refractivity contribution is -0.142. The number of likely N-dealkylation sites (tertiary alicyclic amines) is 1. The minimum Gasteiger partial charge on any atom is -0.480 e. The summed E-state index contributed by atoms with van der Waals surface area (Å²) in [5.41, 5.74) is 2.36. The summed E-state index contributed by atoms with van der Waals surface area (Å²) in [6, 6.07) is 7.65. The Kier molecular flexibility index (Phi) is 4.20. The summed E-state index contributed by atoms with van der Waals surface area (Å²) in [5.74, 6) is 0.337. The van der Waals surface area contributed by atoms with E-state index in [2.05, 4.69) is 23.1 Å². The van der Waals surface area contributed by atoms with Crippen LogP contribution in [0.1, 0.15) is 35.7 Å². The van der Waals surface area contributed by atoms with Gasteiger partial charge in [-0.25, -0.2) is 0 Å². The van der Waals surface area contributed by atoms with E-state index in [1.54, 1.807) is 0 Å². The van der Waals surface area contributed by atoms with Gasteiger partial charge in [-0.1, -0.05) is 29.4 Å². The lowest BCUT2D eigenvalue weighted by atomic mass is 10.1. The van der Waals surface area contributed by atoms with Crippen molar-refractivity contribution >= 4 is 5.97 Å². The molecule has 1 fully saturated rings. The minimum absolute atomic E-state index is 0.401. The summed E-state index contributed by atoms with van der Waals surface area (Å²) in [6.45, 7) is 3.21. The van der Waals surface area contributed by atoms with E-state index in [1.165, 1.54) is 11.1 Å². The standard InChI is InChI=1S/C16H19N3O3/c1-11-5-2-3-6-12(11)9-14-17-15(22-18-14)10-19-8-4-7-13(19)16(20)21/h2-3,5-6,13H,4,7-10H2,1H3,(H,20,21)/t13-/m1/s1. The Morgan fingerprint density at radius 2 is 2.27 bits per heavy atom. The molecule has 1 aromatic heterocycles. The molecule has 1 saturated heterocycles. The average Bonchev–Trinajstić information content (AvgIpc) is 3.11. The first-order chi connectivity index (χ1) is 10.6. The maximum atomic E-state index is 11.2. The fraction of sp³-hybridized carbons (Fsp3) is 0.438. The molecule has 22 heavy (non-hydrogen) atoms. The van der Waals surface area contributed by atoms with Gasteiger partial charge in [0.05, 0.1) is 6.54 Å². The third-order valence-corrected chi connectivity index (χ3v) is 4.11. The van der Waals surface area contributed by atoms with E-state index < -0.39 is 12.0 Å². The first kappa shape index (κ1) is 14.7. The summed E-state index contributed by atoms with van der Waals surface area (Å²) in [5, 5.41) is 13.2. The van der Waals surface area contributed by atoms with Crippen LogP contribution in [0, 0.1) is 6.92 Å². The fourth-order valence-corrected chi connectivity index (χ4v) is 2.87. The van der Waals surface area contributed by atoms with Gasteiger partial charge in [0.15, 0.2) is 5.82 Å². The Labute approximate surface area is 128 Å². The Morgan fingerprint density at radius 1 is 1.45 bits per heavy atom. The van der Waals surface area contributed by atoms with Crippen molar-refractivity contribution in [1.82, 2.24) is 15.0 Å². The molecule has 3 rings (SSSR count). The number of aromatic nitrogens is 2. The Morgan fingerprint density at radius 3 is 3.05 bits per heavy atom. The molecule has 0 spiro atoms. The number of aliphatic carboxylic acids is 1. The highest BCUT2D eigenvalue weighted by Gasteiger charge is 2.31. The second-order valence-electron chi connectivity index (χ2n) is 5.67. The number of carboxylic acids is 1. The van der Waals surface area contributed by atoms with Crippen molar-refractivity contribution in [3.05, 3.63) is 47.1 Å². The normalized spacial score (nSPS) is 18.7. The lowest BCUT2D eigenvalue weighted by Crippen LogP contribution is -2.35. The first-order valence-corrected chi connectivity index (χ1v) is 7.46. The highest BCUT2D eigenvalue weighted by Crippen LogP contribution is 2.20. The van der Waals surface area contributed by atoms with Crippen molar-refractivity contribution in [3.63, 3.8) is 0 Å². The van der Waals surface area contributed by atoms with Crippen LogP contribution in [0.5, 0.6) is 0 Å². The number of aryl methyl sites for hydroxylation is 1. The molecular weight excluding hydrogens is 282 g/mol. The van der Waals surface area contributed by atoms with Gasteiger partial charge in [0.2, 0.25) is 5.89 Å². The Hall–Kier alpha value is -2.21. The van der Waals surface area contributed by atoms with Crippen molar-refractivity contribution in [3.8, 4) is 0 Å². The maximum Gasteiger partial charge on any atom is 0.320 e. The smallest absolute Gasteiger partial charge is 0.320 e. The third-order valence-electron chi connectivity index (χ3n) is 4.11. The predicted molar refractivity (Wildman–Crippen MR) is 79.4 cm³/mol. The number of hydrogen-bond donors (Lipinski definition) is 1. The molecule has 1 aliphatic rings. The minimum atomic E-state index is -0.780. The van der Waals surface area contributed by atoms with E-state index >= 15 is 0 Å². The molecule has 0 bridgehead atoms. The van der Waals surface area contributed by atoms with E-state index in [1.807, 2.05) is 23.1 Å². The van der Waals surface area contributed by atoms with Crippen LogP contribution in [0.2, 0.25) is 0 Å². The predicted octanol–water partition coefficient (Wildman–Crippen LogP) is 2.02. The van der Waals surface area contributed by atoms with Gasteiger partial charge in [0.25, 0.3) is 0 Å². The molecule has 2 heterocycles. The SMILES string of the molecule is Cc1ccccc1Cc1noc(CN2CCC[C@@H]2C(=O)O)n1. The number of nitrogens with zero attached hydrogens (tertiary/aromatic N) is 3. The molecule has 116 valence electrons. The third kappa shape index (κ3) is 3.17. The fourth-order valence-electron chi connectivity index (χ4n) is 2.87. The van der Waals surface area contributed by atoms with Gasteiger partial charge in [-0.15, -0.1) is 0 Å². The molecule has 0 radical (unpaired) electrons. The molecule has 1 aromatic carbocycles. The van der Waals surface area contributed by atoms with E-state index in [0.29, 0.717) is 31.1 Å². The van der Waals surface area contributed by atoms with Crippen molar-refractivity contribution in [1.29, 1.82) is 0 Å². The quantitative estimate of drug-likeness (QED) is 0.910. The molecule has 2 aromatic rings. The van der Waals surface area contributed by atoms with E-state index in [4.69, 9.17) is 4.52 Å². The molecule has 0 aliphatic carbocycles. The van der Waals surface area contributed by atoms with Crippen LogP contribution in [0.3, 0.4) is 0 Å². The number of carbonyl (C=O) groups is 1. The second-order valence-corrected chi connectivity index (χ2v) is 5.67. The first-order valence-electron chi connectivity index (χ1n) is 7.46. The van der Waals surface area contributed by atoms with Crippen LogP contribution in [-0.2, 0) is 17.8 Å². The summed E-state index contributed by atoms with van der Waals surface area (Å²) in [7, 11) is 0. The van der Waals surface area contributed by atoms with Crippen molar-refractivity contribution in [2.24, 2.45) is 0 Å². The molecule has 0 saturated carbocycles. The molecular formula is C16H19N3O3. The van der Waals surface area contributed by atoms with Gasteiger partial charge >= 0.3 is 5.97 Å². The van der Waals surface area contributed by atoms with Crippen LogP contribution in [0.15, 0.2) is 28.8 Å². The lowest BCUT2D eigenvalue weighted by Gasteiger charge is -2.18. The molecule has 6 nitrogen and oxygen atoms in total. The van der Waals surface area contributed by atoms with Gasteiger partial charge < -0.3 is 9.63 Å². The zero-order chi connectivity index (χ0) is 15.5. The van der Waals surface area contributed by atoms with Crippen LogP contribution < -0.4 is 0 Å². The second kappa shape index (κ2) is 6.27. The van der Waals surface area contributed by atoms with Gasteiger partial charge in [0, 0.05) is 6.42 Å². The monoisotopic (exact) mass is 301 g/mol. The van der Waals surface area contributed by atoms with Gasteiger partial charge in [-0.05, 0) is 37.4 Å². The van der Waals surface area contributed by atoms with Crippen LogP contribution in [0.4, 0.5) is 0 Å². The molecule has 0 unspecified atom stereocenters. The zero-order valence-corrected chi connectivity index (χ0v) is 12.5. The molecule has 0 amide bonds. The van der Waals surface area contributed by atoms with Crippen molar-refractivity contribution in [2.45, 2.75) is 38.8 Å². The Bertz CT molecular complexity index is 668. The highest BCUT2D eigenvalue weighted by atomic mass is 16.5. The molecule has 1 N–H and O–H groups in total. The molecule has 1 aliphatic heterocycles. The average molecular weight is 301 g/mol. The topological polar surface area (TPSA) is 79.5 Å². The van der Waals surface area contributed by atoms with Crippen LogP contribution in [-0.4, -0.2) is 38.7 Å². The largest absolute Gasteiger partial charge is 0.480 e. The highest BCUT2D eigenvalue weighted by molar-refractivity contribution is 5.73. The number of carboxylic acid groups (broad SMARTS) is 1. The van der Waals surface area contributed by atoms with Crippen LogP contribution >= 0.6 is 0 Å². The van der Waals surface area contributed by atoms with Gasteiger partial charge in [0.1, 0.15) is 6.04 Å². The summed E-state index contributed by atoms with van der Waals surface area (Å²) >= 11 is 0. The van der Waals surface area contributed by atoms with Gasteiger partial charge in [-0.3, -0.25) is 9.69 Å². The number of benzene rings is 1. The number of rotatable bonds is 5.